The minimum Gasteiger partial charge on any atom is -0.506 e. The number of carbonyl (C=O) groups excluding carboxylic acids is 1. The molecule has 0 aliphatic rings. The van der Waals surface area contributed by atoms with E-state index in [4.69, 9.17) is 11.6 Å². The van der Waals surface area contributed by atoms with Gasteiger partial charge in [0.25, 0.3) is 0 Å². The number of rotatable bonds is 6. The summed E-state index contributed by atoms with van der Waals surface area (Å²) >= 11 is 5.80. The van der Waals surface area contributed by atoms with Crippen LogP contribution in [-0.4, -0.2) is 27.3 Å². The van der Waals surface area contributed by atoms with Crippen LogP contribution in [0.1, 0.15) is 17.5 Å². The molecule has 0 atom stereocenters. The van der Waals surface area contributed by atoms with E-state index in [2.05, 4.69) is 10.4 Å². The van der Waals surface area contributed by atoms with Crippen LogP contribution in [0, 0.1) is 0 Å². The van der Waals surface area contributed by atoms with Gasteiger partial charge in [-0.3, -0.25) is 9.48 Å². The predicted octanol–water partition coefficient (Wildman–Crippen LogP) is 2.07. The summed E-state index contributed by atoms with van der Waals surface area (Å²) in [5, 5.41) is 16.6. The van der Waals surface area contributed by atoms with E-state index in [0.717, 1.165) is 24.0 Å². The molecule has 1 aromatic heterocycles. The van der Waals surface area contributed by atoms with Crippen molar-refractivity contribution in [2.45, 2.75) is 19.3 Å². The van der Waals surface area contributed by atoms with E-state index < -0.39 is 0 Å². The first-order valence-electron chi connectivity index (χ1n) is 6.76. The van der Waals surface area contributed by atoms with Crippen molar-refractivity contribution in [3.8, 4) is 5.75 Å². The van der Waals surface area contributed by atoms with Crippen molar-refractivity contribution in [1.82, 2.24) is 15.1 Å². The summed E-state index contributed by atoms with van der Waals surface area (Å²) < 4.78 is 1.77. The average molecular weight is 308 g/mol. The minimum atomic E-state index is -0.0528. The Morgan fingerprint density at radius 3 is 2.90 bits per heavy atom. The normalized spacial score (nSPS) is 10.6. The molecule has 0 saturated heterocycles. The number of halogens is 1. The highest BCUT2D eigenvalue weighted by molar-refractivity contribution is 6.32. The van der Waals surface area contributed by atoms with Gasteiger partial charge in [-0.25, -0.2) is 0 Å². The molecule has 2 rings (SSSR count). The topological polar surface area (TPSA) is 67.2 Å². The van der Waals surface area contributed by atoms with Crippen molar-refractivity contribution < 1.29 is 9.90 Å². The van der Waals surface area contributed by atoms with Crippen LogP contribution in [0.3, 0.4) is 0 Å². The maximum Gasteiger partial charge on any atom is 0.224 e. The minimum absolute atomic E-state index is 0.0253. The van der Waals surface area contributed by atoms with Crippen molar-refractivity contribution in [3.63, 3.8) is 0 Å². The van der Waals surface area contributed by atoms with Crippen LogP contribution in [0.15, 0.2) is 30.6 Å². The maximum atomic E-state index is 11.8. The van der Waals surface area contributed by atoms with E-state index in [1.807, 2.05) is 19.4 Å². The molecule has 1 aromatic carbocycles. The molecule has 0 spiro atoms. The quantitative estimate of drug-likeness (QED) is 0.803. The lowest BCUT2D eigenvalue weighted by molar-refractivity contribution is -0.120. The van der Waals surface area contributed by atoms with Gasteiger partial charge in [0, 0.05) is 19.8 Å². The standard InChI is InChI=1S/C15H18ClN3O2/c1-19-10-12(9-18-19)3-2-6-17-15(21)8-11-4-5-14(20)13(16)7-11/h4-5,7,9-10,20H,2-3,6,8H2,1H3,(H,17,21). The van der Waals surface area contributed by atoms with E-state index >= 15 is 0 Å². The molecule has 0 aliphatic heterocycles. The van der Waals surface area contributed by atoms with Gasteiger partial charge >= 0.3 is 0 Å². The number of aromatic nitrogens is 2. The van der Waals surface area contributed by atoms with Gasteiger partial charge in [-0.15, -0.1) is 0 Å². The number of aryl methyl sites for hydroxylation is 2. The smallest absolute Gasteiger partial charge is 0.224 e. The Hall–Kier alpha value is -2.01. The Kier molecular flexibility index (Phi) is 5.22. The maximum absolute atomic E-state index is 11.8. The number of amides is 1. The van der Waals surface area contributed by atoms with Crippen molar-refractivity contribution in [1.29, 1.82) is 0 Å². The van der Waals surface area contributed by atoms with Gasteiger partial charge in [0.15, 0.2) is 0 Å². The first kappa shape index (κ1) is 15.4. The van der Waals surface area contributed by atoms with Crippen LogP contribution in [0.25, 0.3) is 0 Å². The van der Waals surface area contributed by atoms with Crippen LogP contribution in [-0.2, 0) is 24.7 Å². The number of phenols is 1. The molecule has 0 unspecified atom stereocenters. The molecule has 0 fully saturated rings. The summed E-state index contributed by atoms with van der Waals surface area (Å²) in [6, 6.07) is 4.79. The second kappa shape index (κ2) is 7.13. The Labute approximate surface area is 128 Å². The second-order valence-electron chi connectivity index (χ2n) is 4.94. The first-order valence-corrected chi connectivity index (χ1v) is 7.14. The zero-order chi connectivity index (χ0) is 15.2. The van der Waals surface area contributed by atoms with Gasteiger partial charge in [0.1, 0.15) is 5.75 Å². The lowest BCUT2D eigenvalue weighted by Gasteiger charge is -2.06. The van der Waals surface area contributed by atoms with Crippen LogP contribution in [0.4, 0.5) is 0 Å². The number of benzene rings is 1. The molecular weight excluding hydrogens is 290 g/mol. The van der Waals surface area contributed by atoms with Crippen molar-refractivity contribution in [2.75, 3.05) is 6.54 Å². The zero-order valence-electron chi connectivity index (χ0n) is 11.8. The molecule has 0 saturated carbocycles. The van der Waals surface area contributed by atoms with Gasteiger partial charge in [-0.05, 0) is 36.1 Å². The van der Waals surface area contributed by atoms with Gasteiger partial charge < -0.3 is 10.4 Å². The Morgan fingerprint density at radius 2 is 2.24 bits per heavy atom. The number of phenolic OH excluding ortho intramolecular Hbond substituents is 1. The number of carbonyl (C=O) groups is 1. The second-order valence-corrected chi connectivity index (χ2v) is 5.35. The van der Waals surface area contributed by atoms with E-state index in [9.17, 15) is 9.90 Å². The summed E-state index contributed by atoms with van der Waals surface area (Å²) in [6.07, 6.45) is 5.82. The van der Waals surface area contributed by atoms with Crippen LogP contribution in [0.2, 0.25) is 5.02 Å². The SMILES string of the molecule is Cn1cc(CCCNC(=O)Cc2ccc(O)c(Cl)c2)cn1. The molecule has 0 radical (unpaired) electrons. The largest absolute Gasteiger partial charge is 0.506 e. The lowest BCUT2D eigenvalue weighted by atomic mass is 10.1. The monoisotopic (exact) mass is 307 g/mol. The summed E-state index contributed by atoms with van der Waals surface area (Å²) in [4.78, 5) is 11.8. The molecule has 2 aromatic rings. The average Bonchev–Trinajstić information content (AvgIpc) is 2.85. The van der Waals surface area contributed by atoms with E-state index in [0.29, 0.717) is 6.54 Å². The summed E-state index contributed by atoms with van der Waals surface area (Å²) in [7, 11) is 1.88. The summed E-state index contributed by atoms with van der Waals surface area (Å²) in [6.45, 7) is 0.625. The fraction of sp³-hybridized carbons (Fsp3) is 0.333. The molecule has 0 bridgehead atoms. The van der Waals surface area contributed by atoms with Crippen molar-refractivity contribution in [2.24, 2.45) is 7.05 Å². The number of aromatic hydroxyl groups is 1. The van der Waals surface area contributed by atoms with E-state index in [1.165, 1.54) is 6.07 Å². The Balaban J connectivity index is 1.71. The van der Waals surface area contributed by atoms with Crippen LogP contribution < -0.4 is 5.32 Å². The highest BCUT2D eigenvalue weighted by Crippen LogP contribution is 2.23. The third-order valence-corrected chi connectivity index (χ3v) is 3.40. The molecule has 0 aliphatic carbocycles. The number of hydrogen-bond donors (Lipinski definition) is 2. The predicted molar refractivity (Wildman–Crippen MR) is 81.4 cm³/mol. The first-order chi connectivity index (χ1) is 10.0. The third kappa shape index (κ3) is 4.79. The van der Waals surface area contributed by atoms with Crippen LogP contribution in [0.5, 0.6) is 5.75 Å². The molecule has 6 heteroatoms. The van der Waals surface area contributed by atoms with E-state index in [1.54, 1.807) is 16.8 Å². The third-order valence-electron chi connectivity index (χ3n) is 3.10. The number of hydrogen-bond acceptors (Lipinski definition) is 3. The molecular formula is C15H18ClN3O2. The van der Waals surface area contributed by atoms with Gasteiger partial charge in [-0.1, -0.05) is 17.7 Å². The summed E-state index contributed by atoms with van der Waals surface area (Å²) in [5.41, 5.74) is 1.94. The highest BCUT2D eigenvalue weighted by atomic mass is 35.5. The van der Waals surface area contributed by atoms with E-state index in [-0.39, 0.29) is 23.1 Å². The molecule has 112 valence electrons. The molecule has 2 N–H and O–H groups in total. The molecule has 1 heterocycles. The molecule has 5 nitrogen and oxygen atoms in total. The highest BCUT2D eigenvalue weighted by Gasteiger charge is 2.05. The van der Waals surface area contributed by atoms with Gasteiger partial charge in [0.05, 0.1) is 17.6 Å². The fourth-order valence-electron chi connectivity index (χ4n) is 2.03. The summed E-state index contributed by atoms with van der Waals surface area (Å²) in [5.74, 6) is -0.0276. The van der Waals surface area contributed by atoms with Crippen molar-refractivity contribution in [3.05, 3.63) is 46.7 Å². The molecule has 21 heavy (non-hydrogen) atoms. The molecule has 1 amide bonds. The lowest BCUT2D eigenvalue weighted by Crippen LogP contribution is -2.26. The Morgan fingerprint density at radius 1 is 1.43 bits per heavy atom. The van der Waals surface area contributed by atoms with Gasteiger partial charge in [0.2, 0.25) is 5.91 Å². The fourth-order valence-corrected chi connectivity index (χ4v) is 2.23. The number of nitrogens with zero attached hydrogens (tertiary/aromatic N) is 2. The number of nitrogens with one attached hydrogen (secondary N) is 1. The zero-order valence-corrected chi connectivity index (χ0v) is 12.6. The van der Waals surface area contributed by atoms with Gasteiger partial charge in [-0.2, -0.15) is 5.10 Å². The van der Waals surface area contributed by atoms with Crippen LogP contribution >= 0.6 is 11.6 Å². The Bertz CT molecular complexity index is 625. The van der Waals surface area contributed by atoms with Crippen molar-refractivity contribution >= 4 is 17.5 Å².